The van der Waals surface area contributed by atoms with Crippen LogP contribution in [0.2, 0.25) is 0 Å². The molecule has 2 aromatic carbocycles. The SMILES string of the molecule is CS(=O)(=O)N1CCC(C(=O)Nc2ccc(C(=O)N3CCc4ccccc43)cc2)CC1. The summed E-state index contributed by atoms with van der Waals surface area (Å²) in [6, 6.07) is 14.8. The summed E-state index contributed by atoms with van der Waals surface area (Å²) >= 11 is 0. The first-order valence-corrected chi connectivity index (χ1v) is 11.9. The zero-order chi connectivity index (χ0) is 21.3. The van der Waals surface area contributed by atoms with Crippen molar-refractivity contribution < 1.29 is 18.0 Å². The van der Waals surface area contributed by atoms with Crippen molar-refractivity contribution in [2.45, 2.75) is 19.3 Å². The van der Waals surface area contributed by atoms with Crippen LogP contribution in [0, 0.1) is 5.92 Å². The Labute approximate surface area is 176 Å². The Morgan fingerprint density at radius 1 is 0.967 bits per heavy atom. The molecule has 2 heterocycles. The van der Waals surface area contributed by atoms with Crippen LogP contribution in [0.15, 0.2) is 48.5 Å². The summed E-state index contributed by atoms with van der Waals surface area (Å²) in [4.78, 5) is 27.2. The van der Waals surface area contributed by atoms with Gasteiger partial charge in [0.2, 0.25) is 15.9 Å². The van der Waals surface area contributed by atoms with Crippen LogP contribution < -0.4 is 10.2 Å². The molecule has 0 saturated carbocycles. The van der Waals surface area contributed by atoms with E-state index in [4.69, 9.17) is 0 Å². The molecule has 1 saturated heterocycles. The van der Waals surface area contributed by atoms with Gasteiger partial charge in [0.1, 0.15) is 0 Å². The van der Waals surface area contributed by atoms with Gasteiger partial charge in [-0.2, -0.15) is 0 Å². The van der Waals surface area contributed by atoms with Crippen molar-refractivity contribution in [3.8, 4) is 0 Å². The molecule has 8 heteroatoms. The molecule has 0 bridgehead atoms. The van der Waals surface area contributed by atoms with Gasteiger partial charge in [-0.1, -0.05) is 18.2 Å². The predicted molar refractivity (Wildman–Crippen MR) is 116 cm³/mol. The van der Waals surface area contributed by atoms with Crippen molar-refractivity contribution >= 4 is 33.2 Å². The van der Waals surface area contributed by atoms with Crippen molar-refractivity contribution in [2.24, 2.45) is 5.92 Å². The maximum Gasteiger partial charge on any atom is 0.258 e. The lowest BCUT2D eigenvalue weighted by Gasteiger charge is -2.29. The van der Waals surface area contributed by atoms with Gasteiger partial charge >= 0.3 is 0 Å². The molecule has 2 amide bonds. The van der Waals surface area contributed by atoms with E-state index in [1.54, 1.807) is 29.2 Å². The average Bonchev–Trinajstić information content (AvgIpc) is 3.17. The fourth-order valence-electron chi connectivity index (χ4n) is 4.10. The van der Waals surface area contributed by atoms with E-state index in [9.17, 15) is 18.0 Å². The summed E-state index contributed by atoms with van der Waals surface area (Å²) in [6.07, 6.45) is 3.05. The Bertz CT molecular complexity index is 1060. The van der Waals surface area contributed by atoms with Crippen LogP contribution >= 0.6 is 0 Å². The number of carbonyl (C=O) groups excluding carboxylic acids is 2. The zero-order valence-electron chi connectivity index (χ0n) is 16.9. The summed E-state index contributed by atoms with van der Waals surface area (Å²) in [5, 5.41) is 2.88. The molecule has 0 aromatic heterocycles. The van der Waals surface area contributed by atoms with E-state index < -0.39 is 10.0 Å². The minimum atomic E-state index is -3.21. The van der Waals surface area contributed by atoms with E-state index in [-0.39, 0.29) is 17.7 Å². The van der Waals surface area contributed by atoms with Gasteiger partial charge in [0.25, 0.3) is 5.91 Å². The summed E-state index contributed by atoms with van der Waals surface area (Å²) < 4.78 is 24.6. The van der Waals surface area contributed by atoms with Crippen LogP contribution in [0.3, 0.4) is 0 Å². The topological polar surface area (TPSA) is 86.8 Å². The summed E-state index contributed by atoms with van der Waals surface area (Å²) in [5.41, 5.74) is 3.34. The number of para-hydroxylation sites is 1. The Morgan fingerprint density at radius 3 is 2.30 bits per heavy atom. The number of amides is 2. The number of hydrogen-bond donors (Lipinski definition) is 1. The first-order chi connectivity index (χ1) is 14.3. The number of nitrogens with zero attached hydrogens (tertiary/aromatic N) is 2. The summed E-state index contributed by atoms with van der Waals surface area (Å²) in [7, 11) is -3.21. The number of benzene rings is 2. The fraction of sp³-hybridized carbons (Fsp3) is 0.364. The third-order valence-electron chi connectivity index (χ3n) is 5.83. The molecule has 2 aromatic rings. The molecule has 0 radical (unpaired) electrons. The highest BCUT2D eigenvalue weighted by atomic mass is 32.2. The van der Waals surface area contributed by atoms with Crippen LogP contribution in [-0.2, 0) is 21.2 Å². The molecule has 158 valence electrons. The third kappa shape index (κ3) is 4.24. The molecule has 2 aliphatic heterocycles. The predicted octanol–water partition coefficient (Wildman–Crippen LogP) is 2.50. The lowest BCUT2D eigenvalue weighted by atomic mass is 9.97. The van der Waals surface area contributed by atoms with Crippen LogP contribution in [0.4, 0.5) is 11.4 Å². The molecular weight excluding hydrogens is 402 g/mol. The minimum Gasteiger partial charge on any atom is -0.326 e. The quantitative estimate of drug-likeness (QED) is 0.812. The average molecular weight is 428 g/mol. The number of piperidine rings is 1. The Morgan fingerprint density at radius 2 is 1.63 bits per heavy atom. The van der Waals surface area contributed by atoms with E-state index in [0.717, 1.165) is 12.1 Å². The number of anilines is 2. The first kappa shape index (κ1) is 20.6. The second kappa shape index (κ2) is 8.20. The van der Waals surface area contributed by atoms with E-state index in [1.807, 2.05) is 24.3 Å². The van der Waals surface area contributed by atoms with Gasteiger partial charge in [-0.3, -0.25) is 9.59 Å². The van der Waals surface area contributed by atoms with E-state index >= 15 is 0 Å². The molecule has 0 spiro atoms. The lowest BCUT2D eigenvalue weighted by Crippen LogP contribution is -2.40. The lowest BCUT2D eigenvalue weighted by molar-refractivity contribution is -0.120. The second-order valence-electron chi connectivity index (χ2n) is 7.84. The van der Waals surface area contributed by atoms with Gasteiger partial charge < -0.3 is 10.2 Å². The van der Waals surface area contributed by atoms with Crippen LogP contribution in [0.25, 0.3) is 0 Å². The van der Waals surface area contributed by atoms with E-state index in [0.29, 0.717) is 43.7 Å². The number of sulfonamides is 1. The monoisotopic (exact) mass is 427 g/mol. The zero-order valence-corrected chi connectivity index (χ0v) is 17.7. The van der Waals surface area contributed by atoms with Gasteiger partial charge in [0, 0.05) is 42.5 Å². The van der Waals surface area contributed by atoms with E-state index in [2.05, 4.69) is 5.32 Å². The van der Waals surface area contributed by atoms with Crippen molar-refractivity contribution in [3.63, 3.8) is 0 Å². The number of fused-ring (bicyclic) bond motifs is 1. The number of hydrogen-bond acceptors (Lipinski definition) is 4. The fourth-order valence-corrected chi connectivity index (χ4v) is 4.97. The molecule has 4 rings (SSSR count). The number of carbonyl (C=O) groups is 2. The molecule has 1 N–H and O–H groups in total. The van der Waals surface area contributed by atoms with Crippen molar-refractivity contribution in [1.82, 2.24) is 4.31 Å². The molecule has 0 unspecified atom stereocenters. The Kier molecular flexibility index (Phi) is 5.62. The molecule has 30 heavy (non-hydrogen) atoms. The molecule has 2 aliphatic rings. The molecule has 1 fully saturated rings. The number of nitrogens with one attached hydrogen (secondary N) is 1. The van der Waals surface area contributed by atoms with Gasteiger partial charge in [-0.15, -0.1) is 0 Å². The number of rotatable bonds is 4. The van der Waals surface area contributed by atoms with Crippen molar-refractivity contribution in [3.05, 3.63) is 59.7 Å². The third-order valence-corrected chi connectivity index (χ3v) is 7.13. The second-order valence-corrected chi connectivity index (χ2v) is 9.82. The van der Waals surface area contributed by atoms with E-state index in [1.165, 1.54) is 16.1 Å². The maximum atomic E-state index is 12.9. The smallest absolute Gasteiger partial charge is 0.258 e. The van der Waals surface area contributed by atoms with Crippen LogP contribution in [0.1, 0.15) is 28.8 Å². The van der Waals surface area contributed by atoms with Crippen LogP contribution in [-0.4, -0.2) is 50.4 Å². The molecular formula is C22H25N3O4S. The highest BCUT2D eigenvalue weighted by Crippen LogP contribution is 2.29. The first-order valence-electron chi connectivity index (χ1n) is 10.1. The molecule has 0 atom stereocenters. The standard InChI is InChI=1S/C22H25N3O4S/c1-30(28,29)24-13-10-17(11-14-24)21(26)23-19-8-6-18(7-9-19)22(27)25-15-12-16-4-2-3-5-20(16)25/h2-9,17H,10-15H2,1H3,(H,23,26). The Hall–Kier alpha value is -2.71. The van der Waals surface area contributed by atoms with Gasteiger partial charge in [-0.05, 0) is 55.2 Å². The molecule has 7 nitrogen and oxygen atoms in total. The van der Waals surface area contributed by atoms with Gasteiger partial charge in [-0.25, -0.2) is 12.7 Å². The van der Waals surface area contributed by atoms with Crippen LogP contribution in [0.5, 0.6) is 0 Å². The highest BCUT2D eigenvalue weighted by molar-refractivity contribution is 7.88. The minimum absolute atomic E-state index is 0.0500. The van der Waals surface area contributed by atoms with Gasteiger partial charge in [0.15, 0.2) is 0 Å². The van der Waals surface area contributed by atoms with Crippen molar-refractivity contribution in [1.29, 1.82) is 0 Å². The summed E-state index contributed by atoms with van der Waals surface area (Å²) in [5.74, 6) is -0.382. The summed E-state index contributed by atoms with van der Waals surface area (Å²) in [6.45, 7) is 1.40. The maximum absolute atomic E-state index is 12.9. The van der Waals surface area contributed by atoms with Gasteiger partial charge in [0.05, 0.1) is 6.26 Å². The molecule has 0 aliphatic carbocycles. The highest BCUT2D eigenvalue weighted by Gasteiger charge is 2.29. The van der Waals surface area contributed by atoms with Crippen molar-refractivity contribution in [2.75, 3.05) is 36.1 Å². The largest absolute Gasteiger partial charge is 0.326 e. The normalized spacial score (nSPS) is 17.6. The Balaban J connectivity index is 1.36.